The highest BCUT2D eigenvalue weighted by Gasteiger charge is 2.19. The summed E-state index contributed by atoms with van der Waals surface area (Å²) in [5, 5.41) is 19.6. The molecule has 4 aromatic rings. The molecule has 0 aliphatic rings. The number of hydrogen-bond acceptors (Lipinski definition) is 5. The lowest BCUT2D eigenvalue weighted by Crippen LogP contribution is -2.25. The zero-order valence-electron chi connectivity index (χ0n) is 15.4. The van der Waals surface area contributed by atoms with E-state index >= 15 is 0 Å². The van der Waals surface area contributed by atoms with Gasteiger partial charge in [0.2, 0.25) is 5.78 Å². The Kier molecular flexibility index (Phi) is 4.07. The first-order valence-corrected chi connectivity index (χ1v) is 8.75. The minimum atomic E-state index is -0.0929. The molecule has 0 amide bonds. The topological polar surface area (TPSA) is 81.7 Å². The number of ether oxygens (including phenoxy) is 1. The van der Waals surface area contributed by atoms with Crippen LogP contribution in [0.4, 0.5) is 0 Å². The second-order valence-corrected chi connectivity index (χ2v) is 6.87. The van der Waals surface area contributed by atoms with E-state index < -0.39 is 0 Å². The molecular formula is C20H20N4O3. The predicted molar refractivity (Wildman–Crippen MR) is 103 cm³/mol. The van der Waals surface area contributed by atoms with Gasteiger partial charge in [0.15, 0.2) is 5.82 Å². The van der Waals surface area contributed by atoms with E-state index in [4.69, 9.17) is 4.74 Å². The summed E-state index contributed by atoms with van der Waals surface area (Å²) in [5.41, 5.74) is 1.13. The van der Waals surface area contributed by atoms with Crippen LogP contribution in [0, 0.1) is 5.92 Å². The van der Waals surface area contributed by atoms with Crippen molar-refractivity contribution in [2.45, 2.75) is 20.4 Å². The Balaban J connectivity index is 2.10. The van der Waals surface area contributed by atoms with Crippen LogP contribution in [0.1, 0.15) is 13.8 Å². The van der Waals surface area contributed by atoms with Gasteiger partial charge in [-0.25, -0.2) is 0 Å². The molecule has 0 radical (unpaired) electrons. The quantitative estimate of drug-likeness (QED) is 0.602. The van der Waals surface area contributed by atoms with Gasteiger partial charge in [-0.3, -0.25) is 13.8 Å². The summed E-state index contributed by atoms with van der Waals surface area (Å²) < 4.78 is 8.62. The normalized spacial score (nSPS) is 11.6. The van der Waals surface area contributed by atoms with Crippen molar-refractivity contribution in [3.63, 3.8) is 0 Å². The number of nitrogens with zero attached hydrogens (tertiary/aromatic N) is 4. The molecule has 7 nitrogen and oxygen atoms in total. The second-order valence-electron chi connectivity index (χ2n) is 6.87. The lowest BCUT2D eigenvalue weighted by atomic mass is 10.1. The summed E-state index contributed by atoms with van der Waals surface area (Å²) in [5.74, 6) is 1.78. The molecule has 0 spiro atoms. The summed E-state index contributed by atoms with van der Waals surface area (Å²) in [7, 11) is 1.54. The Hall–Kier alpha value is -3.35. The molecule has 27 heavy (non-hydrogen) atoms. The van der Waals surface area contributed by atoms with Crippen LogP contribution in [0.25, 0.3) is 28.1 Å². The van der Waals surface area contributed by atoms with Crippen molar-refractivity contribution in [2.24, 2.45) is 5.92 Å². The Labute approximate surface area is 155 Å². The number of phenolic OH excluding ortho intramolecular Hbond substituents is 1. The molecule has 0 aliphatic carbocycles. The molecule has 2 aromatic heterocycles. The molecule has 0 saturated heterocycles. The van der Waals surface area contributed by atoms with E-state index in [0.29, 0.717) is 40.4 Å². The van der Waals surface area contributed by atoms with Crippen LogP contribution in [0.15, 0.2) is 47.3 Å². The first-order valence-electron chi connectivity index (χ1n) is 8.75. The van der Waals surface area contributed by atoms with Crippen LogP contribution in [0.2, 0.25) is 0 Å². The molecule has 1 N–H and O–H groups in total. The summed E-state index contributed by atoms with van der Waals surface area (Å²) in [6.07, 6.45) is 0. The molecule has 2 heterocycles. The van der Waals surface area contributed by atoms with Gasteiger partial charge in [-0.2, -0.15) is 0 Å². The molecule has 0 bridgehead atoms. The van der Waals surface area contributed by atoms with Crippen molar-refractivity contribution in [3.05, 3.63) is 52.8 Å². The van der Waals surface area contributed by atoms with Crippen LogP contribution in [-0.4, -0.2) is 31.4 Å². The number of hydrogen-bond donors (Lipinski definition) is 1. The lowest BCUT2D eigenvalue weighted by molar-refractivity contribution is 0.408. The van der Waals surface area contributed by atoms with Gasteiger partial charge in [0.05, 0.1) is 23.6 Å². The number of fused-ring (bicyclic) bond motifs is 3. The molecule has 0 unspecified atom stereocenters. The fourth-order valence-corrected chi connectivity index (χ4v) is 3.29. The van der Waals surface area contributed by atoms with E-state index in [1.165, 1.54) is 6.07 Å². The fourth-order valence-electron chi connectivity index (χ4n) is 3.29. The third-order valence-electron chi connectivity index (χ3n) is 4.50. The van der Waals surface area contributed by atoms with E-state index in [9.17, 15) is 9.90 Å². The Bertz CT molecular complexity index is 1210. The molecule has 0 saturated carbocycles. The second kappa shape index (κ2) is 6.42. The molecule has 7 heteroatoms. The zero-order valence-corrected chi connectivity index (χ0v) is 15.4. The van der Waals surface area contributed by atoms with Crippen molar-refractivity contribution < 1.29 is 9.84 Å². The van der Waals surface area contributed by atoms with Crippen molar-refractivity contribution >= 4 is 16.7 Å². The van der Waals surface area contributed by atoms with Crippen molar-refractivity contribution in [2.75, 3.05) is 7.11 Å². The zero-order chi connectivity index (χ0) is 19.1. The molecule has 2 aromatic carbocycles. The summed E-state index contributed by atoms with van der Waals surface area (Å²) in [6.45, 7) is 4.62. The van der Waals surface area contributed by atoms with Crippen LogP contribution in [0.3, 0.4) is 0 Å². The number of aromatic hydroxyl groups is 1. The molecule has 0 fully saturated rings. The third-order valence-corrected chi connectivity index (χ3v) is 4.50. The number of para-hydroxylation sites is 1. The summed E-state index contributed by atoms with van der Waals surface area (Å²) in [4.78, 5) is 13.0. The maximum atomic E-state index is 13.0. The van der Waals surface area contributed by atoms with Gasteiger partial charge < -0.3 is 9.84 Å². The lowest BCUT2D eigenvalue weighted by Gasteiger charge is -2.13. The number of phenols is 1. The van der Waals surface area contributed by atoms with E-state index in [1.807, 2.05) is 36.4 Å². The highest BCUT2D eigenvalue weighted by atomic mass is 16.5. The Morgan fingerprint density at radius 1 is 1.15 bits per heavy atom. The minimum Gasteiger partial charge on any atom is -0.507 e. The number of benzene rings is 2. The molecule has 0 aliphatic heterocycles. The molecule has 138 valence electrons. The summed E-state index contributed by atoms with van der Waals surface area (Å²) >= 11 is 0. The Morgan fingerprint density at radius 3 is 2.63 bits per heavy atom. The maximum absolute atomic E-state index is 13.0. The van der Waals surface area contributed by atoms with Gasteiger partial charge in [0, 0.05) is 12.6 Å². The molecular weight excluding hydrogens is 344 g/mol. The van der Waals surface area contributed by atoms with Gasteiger partial charge in [-0.15, -0.1) is 10.2 Å². The van der Waals surface area contributed by atoms with E-state index in [1.54, 1.807) is 29.9 Å². The highest BCUT2D eigenvalue weighted by Crippen LogP contribution is 2.32. The predicted octanol–water partition coefficient (Wildman–Crippen LogP) is 3.08. The van der Waals surface area contributed by atoms with Crippen LogP contribution >= 0.6 is 0 Å². The monoisotopic (exact) mass is 364 g/mol. The van der Waals surface area contributed by atoms with Gasteiger partial charge in [0.25, 0.3) is 5.56 Å². The van der Waals surface area contributed by atoms with Crippen LogP contribution in [-0.2, 0) is 6.54 Å². The van der Waals surface area contributed by atoms with E-state index in [2.05, 4.69) is 10.2 Å². The maximum Gasteiger partial charge on any atom is 0.262 e. The molecule has 0 atom stereocenters. The van der Waals surface area contributed by atoms with Gasteiger partial charge in [0.1, 0.15) is 11.5 Å². The van der Waals surface area contributed by atoms with Gasteiger partial charge in [-0.1, -0.05) is 26.0 Å². The summed E-state index contributed by atoms with van der Waals surface area (Å²) in [6, 6.07) is 12.4. The van der Waals surface area contributed by atoms with Crippen molar-refractivity contribution in [1.29, 1.82) is 0 Å². The highest BCUT2D eigenvalue weighted by molar-refractivity contribution is 5.83. The van der Waals surface area contributed by atoms with E-state index in [0.717, 1.165) is 0 Å². The average molecular weight is 364 g/mol. The first kappa shape index (κ1) is 17.1. The first-order chi connectivity index (χ1) is 13.0. The Morgan fingerprint density at radius 2 is 1.93 bits per heavy atom. The largest absolute Gasteiger partial charge is 0.507 e. The fraction of sp³-hybridized carbons (Fsp3) is 0.250. The van der Waals surface area contributed by atoms with E-state index in [-0.39, 0.29) is 17.2 Å². The SMILES string of the molecule is COc1ccc(-c2nnc3n(CC(C)C)c(=O)c4ccccc4n23)c(O)c1. The standard InChI is InChI=1S/C20H20N4O3/c1-12(2)11-23-19(26)14-6-4-5-7-16(14)24-18(21-22-20(23)24)15-9-8-13(27-3)10-17(15)25/h4-10,12,25H,11H2,1-3H3. The number of methoxy groups -OCH3 is 1. The van der Waals surface area contributed by atoms with Crippen molar-refractivity contribution in [3.8, 4) is 22.9 Å². The minimum absolute atomic E-state index is 0.0364. The number of aromatic nitrogens is 4. The average Bonchev–Trinajstić information content (AvgIpc) is 3.09. The molecule has 4 rings (SSSR count). The smallest absolute Gasteiger partial charge is 0.262 e. The van der Waals surface area contributed by atoms with Gasteiger partial charge >= 0.3 is 0 Å². The van der Waals surface area contributed by atoms with Crippen LogP contribution in [0.5, 0.6) is 11.5 Å². The third kappa shape index (κ3) is 2.71. The number of rotatable bonds is 4. The van der Waals surface area contributed by atoms with Crippen LogP contribution < -0.4 is 10.3 Å². The van der Waals surface area contributed by atoms with Crippen molar-refractivity contribution in [1.82, 2.24) is 19.2 Å². The van der Waals surface area contributed by atoms with Gasteiger partial charge in [-0.05, 0) is 30.2 Å².